The lowest BCUT2D eigenvalue weighted by Gasteiger charge is -2.04. The number of nitro groups is 1. The standard InChI is InChI=1S/C8H9N5O4/c9-6(14)3-12-8(15)5-1-4(13(16)17)2-11-7(5)10/h1-2H,3H2,(H2,9,14)(H2,10,11)(H,12,15). The fraction of sp³-hybridized carbons (Fsp3) is 0.125. The normalized spacial score (nSPS) is 9.65. The molecule has 0 spiro atoms. The predicted molar refractivity (Wildman–Crippen MR) is 56.8 cm³/mol. The fourth-order valence-electron chi connectivity index (χ4n) is 1.01. The van der Waals surface area contributed by atoms with Gasteiger partial charge in [-0.05, 0) is 0 Å². The van der Waals surface area contributed by atoms with Crippen LogP contribution in [-0.4, -0.2) is 28.3 Å². The van der Waals surface area contributed by atoms with Gasteiger partial charge < -0.3 is 16.8 Å². The molecule has 0 aliphatic heterocycles. The third-order valence-electron chi connectivity index (χ3n) is 1.78. The predicted octanol–water partition coefficient (Wildman–Crippen LogP) is -1.21. The molecule has 0 saturated heterocycles. The number of rotatable bonds is 4. The third kappa shape index (κ3) is 3.12. The van der Waals surface area contributed by atoms with Crippen LogP contribution in [0.5, 0.6) is 0 Å². The average molecular weight is 239 g/mol. The molecule has 1 heterocycles. The molecule has 1 aromatic heterocycles. The number of hydrogen-bond donors (Lipinski definition) is 3. The Morgan fingerprint density at radius 1 is 1.53 bits per heavy atom. The largest absolute Gasteiger partial charge is 0.383 e. The Bertz CT molecular complexity index is 487. The van der Waals surface area contributed by atoms with E-state index in [2.05, 4.69) is 10.3 Å². The number of nitrogens with one attached hydrogen (secondary N) is 1. The lowest BCUT2D eigenvalue weighted by atomic mass is 10.2. The van der Waals surface area contributed by atoms with Crippen LogP contribution in [0.4, 0.5) is 11.5 Å². The van der Waals surface area contributed by atoms with Crippen LogP contribution in [0.1, 0.15) is 10.4 Å². The fourth-order valence-corrected chi connectivity index (χ4v) is 1.01. The highest BCUT2D eigenvalue weighted by Crippen LogP contribution is 2.16. The van der Waals surface area contributed by atoms with Crippen molar-refractivity contribution >= 4 is 23.3 Å². The lowest BCUT2D eigenvalue weighted by molar-refractivity contribution is -0.385. The molecular formula is C8H9N5O4. The molecule has 0 aliphatic carbocycles. The van der Waals surface area contributed by atoms with Gasteiger partial charge in [-0.3, -0.25) is 19.7 Å². The number of nitrogens with zero attached hydrogens (tertiary/aromatic N) is 2. The van der Waals surface area contributed by atoms with Gasteiger partial charge in [-0.25, -0.2) is 4.98 Å². The van der Waals surface area contributed by atoms with Crippen LogP contribution in [-0.2, 0) is 4.79 Å². The summed E-state index contributed by atoms with van der Waals surface area (Å²) in [6, 6.07) is 0.971. The number of hydrogen-bond acceptors (Lipinski definition) is 6. The van der Waals surface area contributed by atoms with Crippen LogP contribution in [0.15, 0.2) is 12.3 Å². The number of anilines is 1. The maximum absolute atomic E-state index is 11.5. The van der Waals surface area contributed by atoms with Crippen molar-refractivity contribution in [1.82, 2.24) is 10.3 Å². The first-order valence-corrected chi connectivity index (χ1v) is 4.38. The number of amides is 2. The minimum absolute atomic E-state index is 0.169. The van der Waals surface area contributed by atoms with Gasteiger partial charge in [0.05, 0.1) is 17.0 Å². The van der Waals surface area contributed by atoms with Crippen molar-refractivity contribution in [1.29, 1.82) is 0 Å². The highest BCUT2D eigenvalue weighted by Gasteiger charge is 2.16. The van der Waals surface area contributed by atoms with E-state index in [0.29, 0.717) is 0 Å². The summed E-state index contributed by atoms with van der Waals surface area (Å²) < 4.78 is 0. The summed E-state index contributed by atoms with van der Waals surface area (Å²) in [5.41, 5.74) is 9.66. The maximum Gasteiger partial charge on any atom is 0.288 e. The average Bonchev–Trinajstić information content (AvgIpc) is 2.26. The molecule has 9 nitrogen and oxygen atoms in total. The second-order valence-electron chi connectivity index (χ2n) is 3.03. The van der Waals surface area contributed by atoms with Gasteiger partial charge in [0.25, 0.3) is 11.6 Å². The van der Waals surface area contributed by atoms with E-state index in [1.54, 1.807) is 0 Å². The molecule has 0 radical (unpaired) electrons. The summed E-state index contributed by atoms with van der Waals surface area (Å²) in [5.74, 6) is -1.66. The third-order valence-corrected chi connectivity index (χ3v) is 1.78. The first-order chi connectivity index (χ1) is 7.91. The topological polar surface area (TPSA) is 154 Å². The van der Waals surface area contributed by atoms with Crippen LogP contribution in [0.3, 0.4) is 0 Å². The number of carbonyl (C=O) groups is 2. The Kier molecular flexibility index (Phi) is 3.55. The molecule has 5 N–H and O–H groups in total. The first kappa shape index (κ1) is 12.4. The Balaban J connectivity index is 2.95. The van der Waals surface area contributed by atoms with Gasteiger partial charge in [0, 0.05) is 6.07 Å². The summed E-state index contributed by atoms with van der Waals surface area (Å²) in [6.07, 6.45) is 0.931. The van der Waals surface area contributed by atoms with E-state index in [4.69, 9.17) is 11.5 Å². The van der Waals surface area contributed by atoms with Crippen molar-refractivity contribution in [2.75, 3.05) is 12.3 Å². The molecule has 0 unspecified atom stereocenters. The molecule has 0 atom stereocenters. The van der Waals surface area contributed by atoms with Gasteiger partial charge in [-0.2, -0.15) is 0 Å². The van der Waals surface area contributed by atoms with Crippen LogP contribution < -0.4 is 16.8 Å². The number of carbonyl (C=O) groups excluding carboxylic acids is 2. The Labute approximate surface area is 95.0 Å². The molecule has 9 heteroatoms. The summed E-state index contributed by atoms with van der Waals surface area (Å²) in [4.78, 5) is 35.2. The minimum atomic E-state index is -0.752. The molecule has 17 heavy (non-hydrogen) atoms. The number of primary amides is 1. The van der Waals surface area contributed by atoms with Crippen molar-refractivity contribution in [2.24, 2.45) is 5.73 Å². The van der Waals surface area contributed by atoms with Crippen molar-refractivity contribution in [3.63, 3.8) is 0 Å². The molecule has 0 fully saturated rings. The number of nitrogen functional groups attached to an aromatic ring is 1. The summed E-state index contributed by atoms with van der Waals surface area (Å²) in [7, 11) is 0. The highest BCUT2D eigenvalue weighted by atomic mass is 16.6. The highest BCUT2D eigenvalue weighted by molar-refractivity contribution is 6.00. The van der Waals surface area contributed by atoms with Gasteiger partial charge in [-0.15, -0.1) is 0 Å². The summed E-state index contributed by atoms with van der Waals surface area (Å²) >= 11 is 0. The van der Waals surface area contributed by atoms with Crippen LogP contribution >= 0.6 is 0 Å². The lowest BCUT2D eigenvalue weighted by Crippen LogP contribution is -2.33. The second-order valence-corrected chi connectivity index (χ2v) is 3.03. The Morgan fingerprint density at radius 3 is 2.71 bits per heavy atom. The summed E-state index contributed by atoms with van der Waals surface area (Å²) in [6.45, 7) is -0.388. The smallest absolute Gasteiger partial charge is 0.288 e. The van der Waals surface area contributed by atoms with Crippen LogP contribution in [0.25, 0.3) is 0 Å². The van der Waals surface area contributed by atoms with E-state index < -0.39 is 16.7 Å². The first-order valence-electron chi connectivity index (χ1n) is 4.38. The number of pyridine rings is 1. The van der Waals surface area contributed by atoms with Gasteiger partial charge in [0.2, 0.25) is 5.91 Å². The van der Waals surface area contributed by atoms with E-state index >= 15 is 0 Å². The summed E-state index contributed by atoms with van der Waals surface area (Å²) in [5, 5.41) is 12.6. The van der Waals surface area contributed by atoms with E-state index in [9.17, 15) is 19.7 Å². The molecule has 90 valence electrons. The van der Waals surface area contributed by atoms with Crippen molar-refractivity contribution < 1.29 is 14.5 Å². The van der Waals surface area contributed by atoms with E-state index in [1.165, 1.54) is 0 Å². The van der Waals surface area contributed by atoms with E-state index in [-0.39, 0.29) is 23.6 Å². The van der Waals surface area contributed by atoms with Crippen molar-refractivity contribution in [3.05, 3.63) is 27.9 Å². The quantitative estimate of drug-likeness (QED) is 0.442. The minimum Gasteiger partial charge on any atom is -0.383 e. The van der Waals surface area contributed by atoms with Gasteiger partial charge in [-0.1, -0.05) is 0 Å². The number of aromatic nitrogens is 1. The second kappa shape index (κ2) is 4.88. The monoisotopic (exact) mass is 239 g/mol. The van der Waals surface area contributed by atoms with Gasteiger partial charge in [0.1, 0.15) is 12.0 Å². The Hall–Kier alpha value is -2.71. The van der Waals surface area contributed by atoms with Crippen LogP contribution in [0, 0.1) is 10.1 Å². The van der Waals surface area contributed by atoms with E-state index in [0.717, 1.165) is 12.3 Å². The van der Waals surface area contributed by atoms with Gasteiger partial charge >= 0.3 is 0 Å². The zero-order valence-electron chi connectivity index (χ0n) is 8.54. The maximum atomic E-state index is 11.5. The molecule has 0 saturated carbocycles. The molecule has 1 aromatic rings. The molecule has 2 amide bonds. The zero-order valence-corrected chi connectivity index (χ0v) is 8.54. The molecule has 1 rings (SSSR count). The van der Waals surface area contributed by atoms with E-state index in [1.807, 2.05) is 0 Å². The zero-order chi connectivity index (χ0) is 13.0. The van der Waals surface area contributed by atoms with Gasteiger partial charge in [0.15, 0.2) is 0 Å². The van der Waals surface area contributed by atoms with Crippen molar-refractivity contribution in [2.45, 2.75) is 0 Å². The molecule has 0 aliphatic rings. The number of nitrogens with two attached hydrogens (primary N) is 2. The Morgan fingerprint density at radius 2 is 2.18 bits per heavy atom. The van der Waals surface area contributed by atoms with Crippen LogP contribution in [0.2, 0.25) is 0 Å². The SMILES string of the molecule is NC(=O)CNC(=O)c1cc([N+](=O)[O-])cnc1N. The molecule has 0 aromatic carbocycles. The molecular weight excluding hydrogens is 230 g/mol. The van der Waals surface area contributed by atoms with Crippen molar-refractivity contribution in [3.8, 4) is 0 Å². The molecule has 0 bridgehead atoms.